The van der Waals surface area contributed by atoms with Gasteiger partial charge in [0.1, 0.15) is 0 Å². The molecule has 21 heavy (non-hydrogen) atoms. The van der Waals surface area contributed by atoms with E-state index in [9.17, 15) is 14.4 Å². The Morgan fingerprint density at radius 2 is 1.76 bits per heavy atom. The molecule has 120 valence electrons. The van der Waals surface area contributed by atoms with Crippen molar-refractivity contribution in [1.29, 1.82) is 0 Å². The SMILES string of the molecule is O=C(O)CCC(=O)OCOC(=O)CCCCC1CCSS1. The molecule has 0 aliphatic carbocycles. The maximum atomic E-state index is 11.4. The van der Waals surface area contributed by atoms with Gasteiger partial charge in [-0.15, -0.1) is 0 Å². The van der Waals surface area contributed by atoms with Crippen molar-refractivity contribution in [3.63, 3.8) is 0 Å². The summed E-state index contributed by atoms with van der Waals surface area (Å²) in [5.74, 6) is -0.928. The minimum absolute atomic E-state index is 0.218. The van der Waals surface area contributed by atoms with Crippen molar-refractivity contribution < 1.29 is 29.0 Å². The van der Waals surface area contributed by atoms with Gasteiger partial charge >= 0.3 is 17.9 Å². The fraction of sp³-hybridized carbons (Fsp3) is 0.769. The summed E-state index contributed by atoms with van der Waals surface area (Å²) in [6.07, 6.45) is 3.94. The Balaban J connectivity index is 1.93. The number of hydrogen-bond acceptors (Lipinski definition) is 7. The summed E-state index contributed by atoms with van der Waals surface area (Å²) < 4.78 is 9.35. The van der Waals surface area contributed by atoms with Crippen molar-refractivity contribution in [2.45, 2.75) is 50.2 Å². The standard InChI is InChI=1S/C13H20O6S2/c14-11(15)5-6-13(17)19-9-18-12(16)4-2-1-3-10-7-8-20-21-10/h10H,1-9H2,(H,14,15). The molecule has 1 N–H and O–H groups in total. The molecule has 0 spiro atoms. The highest BCUT2D eigenvalue weighted by Gasteiger charge is 2.16. The van der Waals surface area contributed by atoms with E-state index in [0.717, 1.165) is 19.3 Å². The zero-order chi connectivity index (χ0) is 15.5. The third kappa shape index (κ3) is 9.62. The van der Waals surface area contributed by atoms with Gasteiger partial charge < -0.3 is 14.6 Å². The Bertz CT molecular complexity index is 355. The zero-order valence-corrected chi connectivity index (χ0v) is 13.4. The summed E-state index contributed by atoms with van der Waals surface area (Å²) in [5.41, 5.74) is 0. The molecule has 1 aliphatic rings. The number of ether oxygens (including phenoxy) is 2. The van der Waals surface area contributed by atoms with Gasteiger partial charge in [0, 0.05) is 17.4 Å². The summed E-state index contributed by atoms with van der Waals surface area (Å²) in [6, 6.07) is 0. The van der Waals surface area contributed by atoms with E-state index in [1.807, 2.05) is 21.6 Å². The second-order valence-corrected chi connectivity index (χ2v) is 7.41. The minimum atomic E-state index is -1.07. The second-order valence-electron chi connectivity index (χ2n) is 4.62. The molecule has 1 heterocycles. The summed E-state index contributed by atoms with van der Waals surface area (Å²) in [7, 11) is 3.83. The Kier molecular flexibility index (Phi) is 9.32. The molecule has 0 bridgehead atoms. The zero-order valence-electron chi connectivity index (χ0n) is 11.7. The van der Waals surface area contributed by atoms with Gasteiger partial charge in [-0.05, 0) is 19.3 Å². The average Bonchev–Trinajstić information content (AvgIpc) is 2.94. The number of carboxylic acids is 1. The summed E-state index contributed by atoms with van der Waals surface area (Å²) in [4.78, 5) is 32.7. The van der Waals surface area contributed by atoms with Crippen LogP contribution >= 0.6 is 21.6 Å². The normalized spacial score (nSPS) is 17.4. The van der Waals surface area contributed by atoms with Crippen molar-refractivity contribution in [2.75, 3.05) is 12.5 Å². The molecule has 0 saturated carbocycles. The van der Waals surface area contributed by atoms with Crippen LogP contribution in [0.2, 0.25) is 0 Å². The van der Waals surface area contributed by atoms with Gasteiger partial charge in [-0.3, -0.25) is 14.4 Å². The number of rotatable bonds is 10. The average molecular weight is 336 g/mol. The lowest BCUT2D eigenvalue weighted by atomic mass is 10.1. The molecule has 0 radical (unpaired) electrons. The van der Waals surface area contributed by atoms with Gasteiger partial charge in [-0.25, -0.2) is 0 Å². The quantitative estimate of drug-likeness (QED) is 0.282. The van der Waals surface area contributed by atoms with Crippen LogP contribution in [0.1, 0.15) is 44.9 Å². The maximum Gasteiger partial charge on any atom is 0.309 e. The molecule has 1 saturated heterocycles. The van der Waals surface area contributed by atoms with E-state index in [2.05, 4.69) is 4.74 Å². The van der Waals surface area contributed by atoms with Crippen LogP contribution in [0, 0.1) is 0 Å². The number of carbonyl (C=O) groups excluding carboxylic acids is 2. The van der Waals surface area contributed by atoms with Gasteiger partial charge in [0.25, 0.3) is 0 Å². The molecule has 6 nitrogen and oxygen atoms in total. The molecule has 0 aromatic rings. The van der Waals surface area contributed by atoms with Crippen LogP contribution in [-0.2, 0) is 23.9 Å². The first kappa shape index (κ1) is 18.2. The van der Waals surface area contributed by atoms with E-state index >= 15 is 0 Å². The first-order valence-corrected chi connectivity index (χ1v) is 9.27. The predicted octanol–water partition coefficient (Wildman–Crippen LogP) is 2.61. The Morgan fingerprint density at radius 1 is 1.05 bits per heavy atom. The molecule has 0 aromatic carbocycles. The van der Waals surface area contributed by atoms with E-state index in [1.165, 1.54) is 12.2 Å². The van der Waals surface area contributed by atoms with Crippen LogP contribution in [-0.4, -0.2) is 40.8 Å². The minimum Gasteiger partial charge on any atom is -0.481 e. The van der Waals surface area contributed by atoms with Crippen molar-refractivity contribution in [3.8, 4) is 0 Å². The topological polar surface area (TPSA) is 89.9 Å². The fourth-order valence-electron chi connectivity index (χ4n) is 1.72. The molecule has 0 amide bonds. The molecule has 1 aliphatic heterocycles. The fourth-order valence-corrected chi connectivity index (χ4v) is 4.75. The Hall–Kier alpha value is -0.890. The lowest BCUT2D eigenvalue weighted by molar-refractivity contribution is -0.168. The lowest BCUT2D eigenvalue weighted by Gasteiger charge is -2.07. The van der Waals surface area contributed by atoms with E-state index in [4.69, 9.17) is 9.84 Å². The first-order valence-electron chi connectivity index (χ1n) is 6.89. The van der Waals surface area contributed by atoms with E-state index in [1.54, 1.807) is 0 Å². The highest BCUT2D eigenvalue weighted by molar-refractivity contribution is 8.77. The van der Waals surface area contributed by atoms with Crippen molar-refractivity contribution in [1.82, 2.24) is 0 Å². The second kappa shape index (κ2) is 10.8. The molecule has 1 fully saturated rings. The predicted molar refractivity (Wildman–Crippen MR) is 80.8 cm³/mol. The van der Waals surface area contributed by atoms with Crippen LogP contribution < -0.4 is 0 Å². The van der Waals surface area contributed by atoms with E-state index < -0.39 is 24.7 Å². The molecule has 8 heteroatoms. The van der Waals surface area contributed by atoms with E-state index in [0.29, 0.717) is 11.7 Å². The smallest absolute Gasteiger partial charge is 0.309 e. The molecule has 1 unspecified atom stereocenters. The molecule has 1 rings (SSSR count). The van der Waals surface area contributed by atoms with Crippen LogP contribution in [0.5, 0.6) is 0 Å². The van der Waals surface area contributed by atoms with Gasteiger partial charge in [0.15, 0.2) is 0 Å². The Morgan fingerprint density at radius 3 is 2.38 bits per heavy atom. The summed E-state index contributed by atoms with van der Waals surface area (Å²) in [5, 5.41) is 9.09. The first-order chi connectivity index (χ1) is 10.1. The van der Waals surface area contributed by atoms with Gasteiger partial charge in [-0.1, -0.05) is 28.0 Å². The summed E-state index contributed by atoms with van der Waals surface area (Å²) >= 11 is 0. The molecule has 1 atom stereocenters. The number of hydrogen-bond donors (Lipinski definition) is 1. The maximum absolute atomic E-state index is 11.4. The number of esters is 2. The van der Waals surface area contributed by atoms with Crippen LogP contribution in [0.3, 0.4) is 0 Å². The lowest BCUT2D eigenvalue weighted by Crippen LogP contribution is -2.13. The third-order valence-electron chi connectivity index (χ3n) is 2.87. The van der Waals surface area contributed by atoms with Crippen LogP contribution in [0.4, 0.5) is 0 Å². The highest BCUT2D eigenvalue weighted by atomic mass is 33.1. The van der Waals surface area contributed by atoms with Crippen LogP contribution in [0.25, 0.3) is 0 Å². The highest BCUT2D eigenvalue weighted by Crippen LogP contribution is 2.39. The largest absolute Gasteiger partial charge is 0.481 e. The number of carbonyl (C=O) groups is 3. The van der Waals surface area contributed by atoms with E-state index in [-0.39, 0.29) is 12.8 Å². The number of unbranched alkanes of at least 4 members (excludes halogenated alkanes) is 1. The summed E-state index contributed by atoms with van der Waals surface area (Å²) in [6.45, 7) is -0.438. The monoisotopic (exact) mass is 336 g/mol. The molecule has 0 aromatic heterocycles. The number of carboxylic acid groups (broad SMARTS) is 1. The van der Waals surface area contributed by atoms with Crippen molar-refractivity contribution in [2.24, 2.45) is 0 Å². The molecular weight excluding hydrogens is 316 g/mol. The van der Waals surface area contributed by atoms with Crippen molar-refractivity contribution >= 4 is 39.5 Å². The van der Waals surface area contributed by atoms with Crippen molar-refractivity contribution in [3.05, 3.63) is 0 Å². The van der Waals surface area contributed by atoms with Gasteiger partial charge in [0.05, 0.1) is 12.8 Å². The number of aliphatic carboxylic acids is 1. The van der Waals surface area contributed by atoms with Gasteiger partial charge in [-0.2, -0.15) is 0 Å². The third-order valence-corrected chi connectivity index (χ3v) is 5.87. The molecular formula is C13H20O6S2. The van der Waals surface area contributed by atoms with Gasteiger partial charge in [0.2, 0.25) is 6.79 Å². The van der Waals surface area contributed by atoms with Crippen LogP contribution in [0.15, 0.2) is 0 Å². The Labute approximate surface area is 131 Å².